The van der Waals surface area contributed by atoms with Gasteiger partial charge in [0.25, 0.3) is 0 Å². The van der Waals surface area contributed by atoms with E-state index in [2.05, 4.69) is 34.6 Å². The number of nitrogens with zero attached hydrogens (tertiary/aromatic N) is 1. The lowest BCUT2D eigenvalue weighted by Gasteiger charge is -2.41. The first-order valence-corrected chi connectivity index (χ1v) is 12.4. The highest BCUT2D eigenvalue weighted by atomic mass is 31.1. The van der Waals surface area contributed by atoms with E-state index in [1.54, 1.807) is 0 Å². The number of aliphatic imine (C=N–C) groups is 1. The Balaban J connectivity index is 1.74. The van der Waals surface area contributed by atoms with Gasteiger partial charge in [-0.15, -0.1) is 0 Å². The molecule has 150 valence electrons. The lowest BCUT2D eigenvalue weighted by Crippen LogP contribution is -2.37. The van der Waals surface area contributed by atoms with Gasteiger partial charge in [-0.05, 0) is 44.9 Å². The summed E-state index contributed by atoms with van der Waals surface area (Å²) in [7, 11) is -0.404. The third kappa shape index (κ3) is 5.02. The Bertz CT molecular complexity index is 467. The minimum atomic E-state index is -0.404. The highest BCUT2D eigenvalue weighted by Crippen LogP contribution is 2.58. The topological polar surface area (TPSA) is 30.8 Å². The molecule has 26 heavy (non-hydrogen) atoms. The first-order chi connectivity index (χ1) is 12.3. The molecular formula is C22H40NO2P. The Morgan fingerprint density at radius 2 is 1.35 bits per heavy atom. The van der Waals surface area contributed by atoms with Crippen LogP contribution < -0.4 is 0 Å². The molecule has 2 fully saturated rings. The van der Waals surface area contributed by atoms with Gasteiger partial charge in [0.2, 0.25) is 5.90 Å². The van der Waals surface area contributed by atoms with E-state index in [0.717, 1.165) is 17.2 Å². The zero-order chi connectivity index (χ0) is 18.8. The fourth-order valence-corrected chi connectivity index (χ4v) is 7.82. The van der Waals surface area contributed by atoms with Crippen LogP contribution in [0.5, 0.6) is 0 Å². The van der Waals surface area contributed by atoms with Crippen LogP contribution in [0.2, 0.25) is 0 Å². The highest BCUT2D eigenvalue weighted by Gasteiger charge is 2.42. The third-order valence-electron chi connectivity index (χ3n) is 6.37. The second kappa shape index (κ2) is 8.48. The van der Waals surface area contributed by atoms with Gasteiger partial charge in [-0.25, -0.2) is 4.99 Å². The summed E-state index contributed by atoms with van der Waals surface area (Å²) in [6.07, 6.45) is 13.9. The van der Waals surface area contributed by atoms with Crippen molar-refractivity contribution in [3.05, 3.63) is 0 Å². The summed E-state index contributed by atoms with van der Waals surface area (Å²) in [5.41, 5.74) is 1.35. The summed E-state index contributed by atoms with van der Waals surface area (Å²) >= 11 is 0. The summed E-state index contributed by atoms with van der Waals surface area (Å²) in [5, 5.41) is 0. The van der Waals surface area contributed by atoms with Crippen molar-refractivity contribution in [1.82, 2.24) is 0 Å². The number of hydrogen-bond donors (Lipinski definition) is 0. The molecule has 0 spiro atoms. The van der Waals surface area contributed by atoms with E-state index < -0.39 is 8.15 Å². The largest absolute Gasteiger partial charge is 0.477 e. The summed E-state index contributed by atoms with van der Waals surface area (Å²) in [6.45, 7) is 11.8. The number of ether oxygens (including phenoxy) is 1. The second-order valence-electron chi connectivity index (χ2n) is 10.2. The fourth-order valence-electron chi connectivity index (χ4n) is 4.57. The maximum absolute atomic E-state index is 6.97. The van der Waals surface area contributed by atoms with Crippen molar-refractivity contribution in [3.63, 3.8) is 0 Å². The van der Waals surface area contributed by atoms with Crippen LogP contribution in [-0.2, 0) is 9.26 Å². The Kier molecular flexibility index (Phi) is 6.71. The van der Waals surface area contributed by atoms with E-state index in [9.17, 15) is 0 Å². The van der Waals surface area contributed by atoms with Crippen LogP contribution in [0.15, 0.2) is 4.99 Å². The van der Waals surface area contributed by atoms with Crippen molar-refractivity contribution in [3.8, 4) is 0 Å². The molecular weight excluding hydrogens is 341 g/mol. The molecule has 3 aliphatic rings. The molecule has 0 amide bonds. The molecule has 4 heteroatoms. The van der Waals surface area contributed by atoms with Crippen molar-refractivity contribution < 1.29 is 9.26 Å². The highest BCUT2D eigenvalue weighted by molar-refractivity contribution is 7.54. The molecule has 2 aliphatic carbocycles. The Labute approximate surface area is 162 Å². The van der Waals surface area contributed by atoms with Gasteiger partial charge in [-0.3, -0.25) is 0 Å². The van der Waals surface area contributed by atoms with Gasteiger partial charge < -0.3 is 9.26 Å². The SMILES string of the molecule is CC(C)(OP(C1CCCCC1)C1CCCCC1)C1=NC(C(C)(C)C)CO1. The van der Waals surface area contributed by atoms with Gasteiger partial charge in [-0.1, -0.05) is 59.3 Å². The number of rotatable bonds is 5. The zero-order valence-electron chi connectivity index (χ0n) is 17.7. The minimum absolute atomic E-state index is 0.148. The lowest BCUT2D eigenvalue weighted by molar-refractivity contribution is 0.150. The van der Waals surface area contributed by atoms with E-state index in [1.807, 2.05) is 0 Å². The molecule has 1 heterocycles. The standard InChI is InChI=1S/C22H40NO2P/c1-21(2,3)19-16-24-20(23-19)22(4,5)25-26(17-12-8-6-9-13-17)18-14-10-7-11-15-18/h17-19H,6-16H2,1-5H3. The van der Waals surface area contributed by atoms with Crippen LogP contribution in [0.1, 0.15) is 98.8 Å². The minimum Gasteiger partial charge on any atom is -0.477 e. The van der Waals surface area contributed by atoms with Gasteiger partial charge in [0.15, 0.2) is 0 Å². The van der Waals surface area contributed by atoms with Crippen LogP contribution >= 0.6 is 8.15 Å². The fraction of sp³-hybridized carbons (Fsp3) is 0.955. The first kappa shape index (κ1) is 20.6. The molecule has 0 saturated heterocycles. The molecule has 0 N–H and O–H groups in total. The molecule has 0 aromatic heterocycles. The zero-order valence-corrected chi connectivity index (χ0v) is 18.6. The van der Waals surface area contributed by atoms with Crippen LogP contribution in [0, 0.1) is 5.41 Å². The maximum atomic E-state index is 6.97. The van der Waals surface area contributed by atoms with E-state index in [4.69, 9.17) is 14.3 Å². The quantitative estimate of drug-likeness (QED) is 0.497. The molecule has 3 nitrogen and oxygen atoms in total. The maximum Gasteiger partial charge on any atom is 0.216 e. The molecule has 1 unspecified atom stereocenters. The second-order valence-corrected chi connectivity index (χ2v) is 12.5. The van der Waals surface area contributed by atoms with E-state index >= 15 is 0 Å². The van der Waals surface area contributed by atoms with Crippen molar-refractivity contribution in [2.75, 3.05) is 6.61 Å². The summed E-state index contributed by atoms with van der Waals surface area (Å²) in [6, 6.07) is 0.246. The summed E-state index contributed by atoms with van der Waals surface area (Å²) in [5.74, 6) is 0.844. The smallest absolute Gasteiger partial charge is 0.216 e. The van der Waals surface area contributed by atoms with E-state index in [0.29, 0.717) is 6.61 Å². The van der Waals surface area contributed by atoms with E-state index in [1.165, 1.54) is 64.2 Å². The first-order valence-electron chi connectivity index (χ1n) is 11.0. The van der Waals surface area contributed by atoms with Gasteiger partial charge >= 0.3 is 0 Å². The predicted octanol–water partition coefficient (Wildman–Crippen LogP) is 6.69. The van der Waals surface area contributed by atoms with E-state index in [-0.39, 0.29) is 17.1 Å². The van der Waals surface area contributed by atoms with Crippen molar-refractivity contribution in [2.45, 2.75) is 122 Å². The van der Waals surface area contributed by atoms with Gasteiger partial charge in [0.1, 0.15) is 12.2 Å². The summed E-state index contributed by atoms with van der Waals surface area (Å²) in [4.78, 5) is 4.95. The third-order valence-corrected chi connectivity index (χ3v) is 9.51. The average Bonchev–Trinajstić information content (AvgIpc) is 3.13. The Morgan fingerprint density at radius 1 is 0.846 bits per heavy atom. The molecule has 1 aliphatic heterocycles. The van der Waals surface area contributed by atoms with Crippen LogP contribution in [-0.4, -0.2) is 35.5 Å². The molecule has 0 bridgehead atoms. The normalized spacial score (nSPS) is 26.8. The molecule has 0 radical (unpaired) electrons. The summed E-state index contributed by atoms with van der Waals surface area (Å²) < 4.78 is 13.0. The Hall–Kier alpha value is -0.140. The lowest BCUT2D eigenvalue weighted by atomic mass is 9.88. The number of hydrogen-bond acceptors (Lipinski definition) is 3. The van der Waals surface area contributed by atoms with Gasteiger partial charge in [0.05, 0.1) is 6.04 Å². The van der Waals surface area contributed by atoms with Crippen LogP contribution in [0.25, 0.3) is 0 Å². The van der Waals surface area contributed by atoms with Crippen LogP contribution in [0.4, 0.5) is 0 Å². The molecule has 2 saturated carbocycles. The average molecular weight is 382 g/mol. The van der Waals surface area contributed by atoms with Crippen molar-refractivity contribution in [1.29, 1.82) is 0 Å². The predicted molar refractivity (Wildman–Crippen MR) is 112 cm³/mol. The molecule has 1 atom stereocenters. The van der Waals surface area contributed by atoms with Gasteiger partial charge in [0, 0.05) is 19.5 Å². The molecule has 3 rings (SSSR count). The molecule has 0 aromatic rings. The molecule has 0 aromatic carbocycles. The van der Waals surface area contributed by atoms with Gasteiger partial charge in [-0.2, -0.15) is 0 Å². The van der Waals surface area contributed by atoms with Crippen molar-refractivity contribution >= 4 is 14.0 Å². The van der Waals surface area contributed by atoms with Crippen molar-refractivity contribution in [2.24, 2.45) is 10.4 Å². The Morgan fingerprint density at radius 3 is 1.77 bits per heavy atom. The monoisotopic (exact) mass is 381 g/mol. The van der Waals surface area contributed by atoms with Crippen LogP contribution in [0.3, 0.4) is 0 Å².